The highest BCUT2D eigenvalue weighted by molar-refractivity contribution is 6.01. The number of nitrogens with one attached hydrogen (secondary N) is 3. The lowest BCUT2D eigenvalue weighted by atomic mass is 9.89. The van der Waals surface area contributed by atoms with Gasteiger partial charge < -0.3 is 10.6 Å². The van der Waals surface area contributed by atoms with Crippen LogP contribution in [0.3, 0.4) is 0 Å². The Labute approximate surface area is 176 Å². The molecule has 0 saturated heterocycles. The van der Waals surface area contributed by atoms with E-state index in [0.717, 1.165) is 24.2 Å². The maximum absolute atomic E-state index is 12.8. The molecular formula is C22H23F3N4O2. The number of aryl methyl sites for hydroxylation is 1. The number of carbonyl (C=O) groups is 1. The summed E-state index contributed by atoms with van der Waals surface area (Å²) in [5.74, 6) is 0. The average Bonchev–Trinajstić information content (AvgIpc) is 2.66. The number of aromatic amines is 1. The maximum Gasteiger partial charge on any atom is 0.416 e. The van der Waals surface area contributed by atoms with Gasteiger partial charge in [0.15, 0.2) is 0 Å². The van der Waals surface area contributed by atoms with Crippen molar-refractivity contribution in [1.82, 2.24) is 10.2 Å². The number of nitrogens with zero attached hydrogens (tertiary/aromatic N) is 1. The van der Waals surface area contributed by atoms with Crippen LogP contribution in [0.5, 0.6) is 0 Å². The van der Waals surface area contributed by atoms with Crippen molar-refractivity contribution >= 4 is 28.2 Å². The van der Waals surface area contributed by atoms with E-state index in [4.69, 9.17) is 0 Å². The van der Waals surface area contributed by atoms with Gasteiger partial charge in [0.2, 0.25) is 0 Å². The summed E-state index contributed by atoms with van der Waals surface area (Å²) in [5, 5.41) is 12.6. The highest BCUT2D eigenvalue weighted by Gasteiger charge is 2.30. The summed E-state index contributed by atoms with van der Waals surface area (Å²) in [6, 6.07) is 8.44. The first-order valence-corrected chi connectivity index (χ1v) is 9.69. The van der Waals surface area contributed by atoms with Crippen LogP contribution < -0.4 is 16.2 Å². The molecule has 3 N–H and O–H groups in total. The van der Waals surface area contributed by atoms with Crippen molar-refractivity contribution in [3.63, 3.8) is 0 Å². The quantitative estimate of drug-likeness (QED) is 0.504. The average molecular weight is 432 g/mol. The topological polar surface area (TPSA) is 86.9 Å². The van der Waals surface area contributed by atoms with Gasteiger partial charge in [-0.05, 0) is 48.6 Å². The fourth-order valence-corrected chi connectivity index (χ4v) is 3.05. The number of hydrogen-bond acceptors (Lipinski definition) is 3. The molecule has 0 saturated carbocycles. The van der Waals surface area contributed by atoms with Gasteiger partial charge in [-0.1, -0.05) is 32.9 Å². The number of amides is 2. The van der Waals surface area contributed by atoms with E-state index in [0.29, 0.717) is 22.9 Å². The van der Waals surface area contributed by atoms with E-state index in [2.05, 4.69) is 41.6 Å². The lowest BCUT2D eigenvalue weighted by Crippen LogP contribution is -2.20. The monoisotopic (exact) mass is 432 g/mol. The molecular weight excluding hydrogens is 409 g/mol. The van der Waals surface area contributed by atoms with Crippen molar-refractivity contribution in [3.8, 4) is 0 Å². The Morgan fingerprint density at radius 3 is 2.32 bits per heavy atom. The van der Waals surface area contributed by atoms with E-state index in [1.165, 1.54) is 18.2 Å². The predicted octanol–water partition coefficient (Wildman–Crippen LogP) is 5.56. The van der Waals surface area contributed by atoms with E-state index in [1.54, 1.807) is 12.1 Å². The summed E-state index contributed by atoms with van der Waals surface area (Å²) < 4.78 is 38.5. The number of rotatable bonds is 4. The second-order valence-electron chi connectivity index (χ2n) is 8.48. The summed E-state index contributed by atoms with van der Waals surface area (Å²) in [5.41, 5.74) is -0.0681. The molecule has 1 heterocycles. The Morgan fingerprint density at radius 1 is 1.00 bits per heavy atom. The van der Waals surface area contributed by atoms with Gasteiger partial charge in [0.1, 0.15) is 0 Å². The van der Waals surface area contributed by atoms with Gasteiger partial charge in [0, 0.05) is 16.8 Å². The van der Waals surface area contributed by atoms with E-state index >= 15 is 0 Å². The van der Waals surface area contributed by atoms with Crippen LogP contribution in [0.25, 0.3) is 10.8 Å². The number of carbonyl (C=O) groups excluding carboxylic acids is 1. The second kappa shape index (κ2) is 8.41. The predicted molar refractivity (Wildman–Crippen MR) is 114 cm³/mol. The molecule has 0 spiro atoms. The normalized spacial score (nSPS) is 12.1. The van der Waals surface area contributed by atoms with Gasteiger partial charge in [-0.3, -0.25) is 4.79 Å². The van der Waals surface area contributed by atoms with Gasteiger partial charge in [-0.25, -0.2) is 9.89 Å². The van der Waals surface area contributed by atoms with Crippen LogP contribution in [0.1, 0.15) is 38.4 Å². The van der Waals surface area contributed by atoms with Crippen molar-refractivity contribution in [2.45, 2.75) is 39.8 Å². The fourth-order valence-electron chi connectivity index (χ4n) is 3.05. The summed E-state index contributed by atoms with van der Waals surface area (Å²) in [7, 11) is 0. The molecule has 0 fully saturated rings. The molecule has 0 radical (unpaired) electrons. The van der Waals surface area contributed by atoms with Crippen molar-refractivity contribution in [2.75, 3.05) is 10.6 Å². The molecule has 2 aromatic carbocycles. The molecule has 0 atom stereocenters. The number of hydrogen-bond donors (Lipinski definition) is 3. The molecule has 6 nitrogen and oxygen atoms in total. The number of aromatic nitrogens is 2. The van der Waals surface area contributed by atoms with Crippen LogP contribution in [0.4, 0.5) is 29.3 Å². The Kier molecular flexibility index (Phi) is 6.06. The minimum atomic E-state index is -4.51. The number of benzene rings is 2. The molecule has 0 bridgehead atoms. The zero-order valence-electron chi connectivity index (χ0n) is 17.4. The molecule has 1 aromatic heterocycles. The second-order valence-corrected chi connectivity index (χ2v) is 8.48. The largest absolute Gasteiger partial charge is 0.416 e. The number of alkyl halides is 3. The Balaban J connectivity index is 1.78. The van der Waals surface area contributed by atoms with Crippen molar-refractivity contribution in [1.29, 1.82) is 0 Å². The van der Waals surface area contributed by atoms with E-state index in [-0.39, 0.29) is 11.1 Å². The van der Waals surface area contributed by atoms with E-state index in [9.17, 15) is 22.8 Å². The molecule has 3 rings (SSSR count). The maximum atomic E-state index is 12.8. The van der Waals surface area contributed by atoms with Gasteiger partial charge in [-0.15, -0.1) is 0 Å². The van der Waals surface area contributed by atoms with Crippen LogP contribution in [-0.2, 0) is 12.6 Å². The molecule has 9 heteroatoms. The number of urea groups is 1. The minimum Gasteiger partial charge on any atom is -0.308 e. The zero-order chi connectivity index (χ0) is 22.8. The van der Waals surface area contributed by atoms with Crippen molar-refractivity contribution in [3.05, 3.63) is 64.1 Å². The molecule has 164 valence electrons. The third-order valence-corrected chi connectivity index (χ3v) is 4.68. The van der Waals surface area contributed by atoms with Crippen LogP contribution in [0.15, 0.2) is 47.3 Å². The van der Waals surface area contributed by atoms with Gasteiger partial charge in [0.25, 0.3) is 5.56 Å². The number of halogens is 3. The minimum absolute atomic E-state index is 0.000345. The number of fused-ring (bicyclic) bond motifs is 1. The van der Waals surface area contributed by atoms with E-state index < -0.39 is 23.3 Å². The van der Waals surface area contributed by atoms with Crippen LogP contribution in [0.2, 0.25) is 0 Å². The first-order valence-electron chi connectivity index (χ1n) is 9.69. The Bertz CT molecular complexity index is 1160. The lowest BCUT2D eigenvalue weighted by Gasteiger charge is -2.17. The standard InChI is InChI=1S/C22H23F3N4O2/c1-21(2,3)10-9-18-16-8-7-15(12-17(16)19(30)29-28-18)27-20(31)26-14-6-4-5-13(11-14)22(23,24)25/h4-8,11-12H,9-10H2,1-3H3,(H,29,30)(H2,26,27,31). The van der Waals surface area contributed by atoms with Crippen LogP contribution in [-0.4, -0.2) is 16.2 Å². The van der Waals surface area contributed by atoms with Gasteiger partial charge in [-0.2, -0.15) is 18.3 Å². The molecule has 0 aliphatic carbocycles. The lowest BCUT2D eigenvalue weighted by molar-refractivity contribution is -0.137. The van der Waals surface area contributed by atoms with Gasteiger partial charge >= 0.3 is 12.2 Å². The first kappa shape index (κ1) is 22.3. The zero-order valence-corrected chi connectivity index (χ0v) is 17.4. The van der Waals surface area contributed by atoms with Crippen molar-refractivity contribution < 1.29 is 18.0 Å². The summed E-state index contributed by atoms with van der Waals surface area (Å²) in [6.07, 6.45) is -2.95. The number of H-pyrrole nitrogens is 1. The summed E-state index contributed by atoms with van der Waals surface area (Å²) in [6.45, 7) is 6.35. The summed E-state index contributed by atoms with van der Waals surface area (Å²) >= 11 is 0. The molecule has 0 unspecified atom stereocenters. The molecule has 31 heavy (non-hydrogen) atoms. The SMILES string of the molecule is CC(C)(C)CCc1n[nH]c(=O)c2cc(NC(=O)Nc3cccc(C(F)(F)F)c3)ccc12. The molecule has 3 aromatic rings. The van der Waals surface area contributed by atoms with Crippen LogP contribution >= 0.6 is 0 Å². The number of anilines is 2. The van der Waals surface area contributed by atoms with Gasteiger partial charge in [0.05, 0.1) is 16.6 Å². The molecule has 2 amide bonds. The summed E-state index contributed by atoms with van der Waals surface area (Å²) in [4.78, 5) is 24.5. The highest BCUT2D eigenvalue weighted by atomic mass is 19.4. The molecule has 0 aliphatic heterocycles. The Morgan fingerprint density at radius 2 is 1.68 bits per heavy atom. The van der Waals surface area contributed by atoms with E-state index in [1.807, 2.05) is 0 Å². The Hall–Kier alpha value is -3.36. The third-order valence-electron chi connectivity index (χ3n) is 4.68. The smallest absolute Gasteiger partial charge is 0.308 e. The van der Waals surface area contributed by atoms with Crippen LogP contribution in [0, 0.1) is 5.41 Å². The first-order chi connectivity index (χ1) is 14.4. The fraction of sp³-hybridized carbons (Fsp3) is 0.318. The highest BCUT2D eigenvalue weighted by Crippen LogP contribution is 2.30. The van der Waals surface area contributed by atoms with Crippen molar-refractivity contribution in [2.24, 2.45) is 5.41 Å². The third kappa shape index (κ3) is 5.84. The molecule has 0 aliphatic rings.